The molecule has 0 radical (unpaired) electrons. The summed E-state index contributed by atoms with van der Waals surface area (Å²) in [5.41, 5.74) is 0. The topological polar surface area (TPSA) is 49.4 Å². The smallest absolute Gasteiger partial charge is 0.112 e. The van der Waals surface area contributed by atoms with Gasteiger partial charge in [-0.3, -0.25) is 0 Å². The average molecular weight is 540 g/mol. The molecule has 0 aromatic heterocycles. The maximum atomic E-state index is 10.9. The summed E-state index contributed by atoms with van der Waals surface area (Å²) in [6.07, 6.45) is 19.8. The van der Waals surface area contributed by atoms with E-state index in [1.807, 2.05) is 0 Å². The molecule has 180 valence electrons. The summed E-state index contributed by atoms with van der Waals surface area (Å²) in [4.78, 5) is 10.9. The zero-order valence-electron chi connectivity index (χ0n) is 20.4. The molecule has 0 saturated heterocycles. The minimum absolute atomic E-state index is 0.00776. The summed E-state index contributed by atoms with van der Waals surface area (Å²) >= 11 is 2.66. The van der Waals surface area contributed by atoms with E-state index in [0.29, 0.717) is 17.6 Å². The fourth-order valence-corrected chi connectivity index (χ4v) is 4.75. The van der Waals surface area contributed by atoms with E-state index in [0.717, 1.165) is 10.3 Å². The van der Waals surface area contributed by atoms with Crippen molar-refractivity contribution in [2.45, 2.75) is 120 Å². The maximum absolute atomic E-state index is 10.9. The Morgan fingerprint density at radius 2 is 1.30 bits per heavy atom. The Kier molecular flexibility index (Phi) is 19.9. The number of hydrogen-bond donors (Lipinski definition) is 0. The van der Waals surface area contributed by atoms with Gasteiger partial charge in [0.2, 0.25) is 0 Å². The summed E-state index contributed by atoms with van der Waals surface area (Å²) in [5.74, 6) is -1.02. The van der Waals surface area contributed by atoms with Gasteiger partial charge in [-0.2, -0.15) is 0 Å². The molecule has 0 heterocycles. The number of rotatable bonds is 22. The lowest BCUT2D eigenvalue weighted by Gasteiger charge is -2.29. The highest BCUT2D eigenvalue weighted by Crippen LogP contribution is 2.20. The normalized spacial score (nSPS) is 14.0. The van der Waals surface area contributed by atoms with Gasteiger partial charge in [-0.25, -0.2) is 0 Å². The molecule has 0 fully saturated rings. The summed E-state index contributed by atoms with van der Waals surface area (Å²) in [6.45, 7) is 3.64. The first-order valence-electron chi connectivity index (χ1n) is 12.5. The van der Waals surface area contributed by atoms with Crippen LogP contribution in [0.2, 0.25) is 0 Å². The number of carboxylic acids is 1. The van der Waals surface area contributed by atoms with Crippen LogP contribution in [0.5, 0.6) is 0 Å². The van der Waals surface area contributed by atoms with Gasteiger partial charge in [-0.05, 0) is 19.3 Å². The lowest BCUT2D eigenvalue weighted by molar-refractivity contribution is -0.873. The molecular formula is C25H50INO3. The third-order valence-corrected chi connectivity index (χ3v) is 6.78. The number of alkyl halides is 1. The number of carboxylic acid groups (broad SMARTS) is 1. The number of aliphatic carboxylic acids is 1. The molecule has 5 heteroatoms. The number of ether oxygens (including phenoxy) is 1. The van der Waals surface area contributed by atoms with Crippen molar-refractivity contribution >= 4 is 28.6 Å². The molecule has 0 saturated carbocycles. The first kappa shape index (κ1) is 30.1. The predicted octanol–water partition coefficient (Wildman–Crippen LogP) is 5.89. The van der Waals surface area contributed by atoms with Gasteiger partial charge in [0.15, 0.2) is 0 Å². The predicted molar refractivity (Wildman–Crippen MR) is 135 cm³/mol. The second-order valence-corrected chi connectivity index (χ2v) is 11.7. The van der Waals surface area contributed by atoms with Crippen LogP contribution in [-0.4, -0.2) is 54.8 Å². The Balaban J connectivity index is 3.50. The van der Waals surface area contributed by atoms with Gasteiger partial charge in [0.1, 0.15) is 12.6 Å². The Labute approximate surface area is 201 Å². The number of quaternary nitrogens is 1. The number of halogens is 1. The van der Waals surface area contributed by atoms with Gasteiger partial charge in [0, 0.05) is 22.9 Å². The number of likely N-dealkylation sites (N-methyl/N-ethyl adjacent to an activating group) is 1. The van der Waals surface area contributed by atoms with Crippen molar-refractivity contribution in [3.8, 4) is 0 Å². The van der Waals surface area contributed by atoms with Crippen molar-refractivity contribution in [1.82, 2.24) is 0 Å². The summed E-state index contributed by atoms with van der Waals surface area (Å²) in [7, 11) is 6.17. The molecule has 0 spiro atoms. The molecule has 0 aromatic carbocycles. The third-order valence-electron chi connectivity index (χ3n) is 5.53. The van der Waals surface area contributed by atoms with Crippen molar-refractivity contribution in [1.29, 1.82) is 0 Å². The lowest BCUT2D eigenvalue weighted by atomic mass is 10.0. The van der Waals surface area contributed by atoms with Gasteiger partial charge in [-0.1, -0.05) is 107 Å². The van der Waals surface area contributed by atoms with Crippen LogP contribution < -0.4 is 5.11 Å². The summed E-state index contributed by atoms with van der Waals surface area (Å²) in [6, 6.07) is 0. The molecule has 0 N–H and O–H groups in total. The van der Waals surface area contributed by atoms with Gasteiger partial charge in [0.25, 0.3) is 0 Å². The highest BCUT2D eigenvalue weighted by molar-refractivity contribution is 14.1. The second kappa shape index (κ2) is 19.8. The van der Waals surface area contributed by atoms with Crippen LogP contribution in [0.1, 0.15) is 110 Å². The van der Waals surface area contributed by atoms with E-state index >= 15 is 0 Å². The highest BCUT2D eigenvalue weighted by Gasteiger charge is 2.18. The Bertz CT molecular complexity index is 398. The van der Waals surface area contributed by atoms with E-state index < -0.39 is 5.97 Å². The molecule has 0 aromatic rings. The van der Waals surface area contributed by atoms with E-state index in [9.17, 15) is 9.90 Å². The quantitative estimate of drug-likeness (QED) is 0.0746. The highest BCUT2D eigenvalue weighted by atomic mass is 127. The summed E-state index contributed by atoms with van der Waals surface area (Å²) in [5, 5.41) is 10.9. The standard InChI is InChI=1S/C25H50INO3/c1-5-6-7-8-12-15-18-23(26)19-16-13-10-9-11-14-17-20-30-24(21-25(28)29)22-27(2,3)4/h23-24H,5-22H2,1-4H3. The van der Waals surface area contributed by atoms with Gasteiger partial charge >= 0.3 is 0 Å². The molecule has 0 bridgehead atoms. The minimum Gasteiger partial charge on any atom is -0.550 e. The van der Waals surface area contributed by atoms with E-state index in [1.54, 1.807) is 0 Å². The molecular weight excluding hydrogens is 489 g/mol. The van der Waals surface area contributed by atoms with Crippen LogP contribution in [0.15, 0.2) is 0 Å². The van der Waals surface area contributed by atoms with E-state index in [-0.39, 0.29) is 12.5 Å². The van der Waals surface area contributed by atoms with Crippen molar-refractivity contribution in [3.05, 3.63) is 0 Å². The molecule has 0 aliphatic carbocycles. The summed E-state index contributed by atoms with van der Waals surface area (Å²) < 4.78 is 7.39. The Hall–Kier alpha value is 0.120. The minimum atomic E-state index is -1.02. The molecule has 0 aliphatic heterocycles. The average Bonchev–Trinajstić information content (AvgIpc) is 2.64. The van der Waals surface area contributed by atoms with Crippen molar-refractivity contribution in [2.75, 3.05) is 34.3 Å². The second-order valence-electron chi connectivity index (χ2n) is 9.96. The van der Waals surface area contributed by atoms with Crippen molar-refractivity contribution in [3.63, 3.8) is 0 Å². The van der Waals surface area contributed by atoms with Crippen LogP contribution in [-0.2, 0) is 9.53 Å². The molecule has 0 amide bonds. The largest absolute Gasteiger partial charge is 0.550 e. The Morgan fingerprint density at radius 1 is 0.833 bits per heavy atom. The van der Waals surface area contributed by atoms with Crippen LogP contribution in [0.3, 0.4) is 0 Å². The van der Waals surface area contributed by atoms with Crippen molar-refractivity contribution in [2.24, 2.45) is 0 Å². The monoisotopic (exact) mass is 539 g/mol. The number of carbonyl (C=O) groups is 1. The molecule has 2 unspecified atom stereocenters. The van der Waals surface area contributed by atoms with Gasteiger partial charge in [-0.15, -0.1) is 0 Å². The number of carbonyl (C=O) groups excluding carboxylic acids is 1. The first-order chi connectivity index (χ1) is 14.2. The van der Waals surface area contributed by atoms with E-state index in [4.69, 9.17) is 4.74 Å². The van der Waals surface area contributed by atoms with Crippen LogP contribution in [0.25, 0.3) is 0 Å². The van der Waals surface area contributed by atoms with Crippen LogP contribution in [0.4, 0.5) is 0 Å². The fourth-order valence-electron chi connectivity index (χ4n) is 3.87. The van der Waals surface area contributed by atoms with Gasteiger partial charge in [0.05, 0.1) is 21.1 Å². The van der Waals surface area contributed by atoms with Crippen LogP contribution in [0, 0.1) is 0 Å². The van der Waals surface area contributed by atoms with E-state index in [1.165, 1.54) is 89.9 Å². The first-order valence-corrected chi connectivity index (χ1v) is 13.7. The van der Waals surface area contributed by atoms with Crippen LogP contribution >= 0.6 is 22.6 Å². The zero-order chi connectivity index (χ0) is 22.7. The number of nitrogens with zero attached hydrogens (tertiary/aromatic N) is 1. The number of unbranched alkanes of at least 4 members (excludes halogenated alkanes) is 11. The lowest BCUT2D eigenvalue weighted by Crippen LogP contribution is -2.44. The number of hydrogen-bond acceptors (Lipinski definition) is 3. The molecule has 0 aliphatic rings. The third kappa shape index (κ3) is 22.8. The molecule has 2 atom stereocenters. The molecule has 0 rings (SSSR count). The SMILES string of the molecule is CCCCCCCCC(I)CCCCCCCCCOC(CC(=O)[O-])C[N+](C)(C)C. The van der Waals surface area contributed by atoms with Gasteiger partial charge < -0.3 is 19.1 Å². The maximum Gasteiger partial charge on any atom is 0.112 e. The van der Waals surface area contributed by atoms with Crippen molar-refractivity contribution < 1.29 is 19.1 Å². The van der Waals surface area contributed by atoms with E-state index in [2.05, 4.69) is 50.7 Å². The molecule has 4 nitrogen and oxygen atoms in total. The molecule has 30 heavy (non-hydrogen) atoms. The Morgan fingerprint density at radius 3 is 1.77 bits per heavy atom. The fraction of sp³-hybridized carbons (Fsp3) is 0.960. The zero-order valence-corrected chi connectivity index (χ0v) is 22.6.